The van der Waals surface area contributed by atoms with E-state index in [0.717, 1.165) is 18.4 Å². The Bertz CT molecular complexity index is 704. The molecule has 0 radical (unpaired) electrons. The normalized spacial score (nSPS) is 11.5. The number of rotatable bonds is 9. The van der Waals surface area contributed by atoms with Crippen molar-refractivity contribution in [2.75, 3.05) is 13.2 Å². The molecule has 1 unspecified atom stereocenters. The van der Waals surface area contributed by atoms with Crippen molar-refractivity contribution >= 4 is 12.0 Å². The fraction of sp³-hybridized carbons (Fsp3) is 0.364. The molecule has 0 aliphatic carbocycles. The summed E-state index contributed by atoms with van der Waals surface area (Å²) >= 11 is 0. The number of carbonyl (C=O) groups excluding carboxylic acids is 2. The number of hydrogen-bond acceptors (Lipinski definition) is 3. The van der Waals surface area contributed by atoms with Crippen LogP contribution in [0.1, 0.15) is 31.4 Å². The molecular formula is C22H28N2O3. The Hall–Kier alpha value is -2.82. The van der Waals surface area contributed by atoms with Crippen LogP contribution in [0, 0.1) is 0 Å². The van der Waals surface area contributed by atoms with Gasteiger partial charge in [-0.2, -0.15) is 0 Å². The Balaban J connectivity index is 1.94. The second-order valence-corrected chi connectivity index (χ2v) is 6.36. The topological polar surface area (TPSA) is 58.6 Å². The summed E-state index contributed by atoms with van der Waals surface area (Å²) in [6.45, 7) is 4.65. The molecule has 5 heteroatoms. The summed E-state index contributed by atoms with van der Waals surface area (Å²) in [6, 6.07) is 18.9. The second kappa shape index (κ2) is 11.0. The van der Waals surface area contributed by atoms with E-state index in [1.807, 2.05) is 48.5 Å². The molecular weight excluding hydrogens is 340 g/mol. The maximum Gasteiger partial charge on any atom is 0.328 e. The van der Waals surface area contributed by atoms with Gasteiger partial charge < -0.3 is 15.0 Å². The summed E-state index contributed by atoms with van der Waals surface area (Å²) in [4.78, 5) is 26.4. The van der Waals surface area contributed by atoms with E-state index in [1.54, 1.807) is 13.8 Å². The van der Waals surface area contributed by atoms with Gasteiger partial charge in [0.1, 0.15) is 6.04 Å². The average Bonchev–Trinajstić information content (AvgIpc) is 2.70. The van der Waals surface area contributed by atoms with Gasteiger partial charge in [-0.15, -0.1) is 0 Å². The van der Waals surface area contributed by atoms with E-state index >= 15 is 0 Å². The van der Waals surface area contributed by atoms with Crippen molar-refractivity contribution in [3.63, 3.8) is 0 Å². The molecule has 2 amide bonds. The van der Waals surface area contributed by atoms with Crippen LogP contribution in [0.5, 0.6) is 0 Å². The lowest BCUT2D eigenvalue weighted by atomic mass is 10.1. The highest BCUT2D eigenvalue weighted by Crippen LogP contribution is 2.10. The number of amides is 2. The molecule has 0 aliphatic rings. The molecule has 5 nitrogen and oxygen atoms in total. The molecule has 0 saturated carbocycles. The van der Waals surface area contributed by atoms with Crippen molar-refractivity contribution in [3.05, 3.63) is 71.8 Å². The van der Waals surface area contributed by atoms with Crippen molar-refractivity contribution in [3.8, 4) is 0 Å². The molecule has 2 aromatic rings. The molecule has 0 saturated heterocycles. The third-order valence-electron chi connectivity index (χ3n) is 4.31. The summed E-state index contributed by atoms with van der Waals surface area (Å²) < 4.78 is 5.10. The number of ether oxygens (including phenoxy) is 1. The van der Waals surface area contributed by atoms with Crippen molar-refractivity contribution in [2.45, 2.75) is 39.3 Å². The Labute approximate surface area is 161 Å². The highest BCUT2D eigenvalue weighted by atomic mass is 16.5. The molecule has 0 spiro atoms. The maximum atomic E-state index is 12.7. The van der Waals surface area contributed by atoms with Crippen molar-refractivity contribution in [1.82, 2.24) is 10.2 Å². The number of nitrogens with zero attached hydrogens (tertiary/aromatic N) is 1. The van der Waals surface area contributed by atoms with Gasteiger partial charge in [0.05, 0.1) is 6.61 Å². The van der Waals surface area contributed by atoms with Crippen LogP contribution in [0.25, 0.3) is 0 Å². The molecule has 0 heterocycles. The zero-order valence-corrected chi connectivity index (χ0v) is 16.1. The number of esters is 1. The van der Waals surface area contributed by atoms with Gasteiger partial charge in [0.15, 0.2) is 0 Å². The zero-order valence-electron chi connectivity index (χ0n) is 16.1. The van der Waals surface area contributed by atoms with Gasteiger partial charge in [-0.3, -0.25) is 0 Å². The van der Waals surface area contributed by atoms with Crippen molar-refractivity contribution in [2.24, 2.45) is 0 Å². The van der Waals surface area contributed by atoms with E-state index in [9.17, 15) is 9.59 Å². The van der Waals surface area contributed by atoms with Gasteiger partial charge in [0.2, 0.25) is 0 Å². The first-order valence-corrected chi connectivity index (χ1v) is 9.40. The lowest BCUT2D eigenvalue weighted by Gasteiger charge is -2.28. The molecule has 0 bridgehead atoms. The van der Waals surface area contributed by atoms with Crippen LogP contribution >= 0.6 is 0 Å². The lowest BCUT2D eigenvalue weighted by Crippen LogP contribution is -2.48. The first-order chi connectivity index (χ1) is 13.1. The van der Waals surface area contributed by atoms with E-state index < -0.39 is 12.0 Å². The second-order valence-electron chi connectivity index (χ2n) is 6.36. The smallest absolute Gasteiger partial charge is 0.328 e. The molecule has 1 N–H and O–H groups in total. The molecule has 27 heavy (non-hydrogen) atoms. The van der Waals surface area contributed by atoms with Gasteiger partial charge in [0, 0.05) is 13.1 Å². The number of nitrogens with one attached hydrogen (secondary N) is 1. The monoisotopic (exact) mass is 368 g/mol. The first-order valence-electron chi connectivity index (χ1n) is 9.40. The standard InChI is InChI=1S/C22H28N2O3/c1-3-27-21(25)18(2)24(17-20-13-8-5-9-14-20)22(26)23-16-10-15-19-11-6-4-7-12-19/h4-9,11-14,18H,3,10,15-17H2,1-2H3,(H,23,26). The SMILES string of the molecule is CCOC(=O)C(C)N(Cc1ccccc1)C(=O)NCCCc1ccccc1. The van der Waals surface area contributed by atoms with Crippen molar-refractivity contribution in [1.29, 1.82) is 0 Å². The van der Waals surface area contributed by atoms with Gasteiger partial charge in [-0.25, -0.2) is 9.59 Å². The lowest BCUT2D eigenvalue weighted by molar-refractivity contribution is -0.148. The van der Waals surface area contributed by atoms with E-state index in [1.165, 1.54) is 10.5 Å². The summed E-state index contributed by atoms with van der Waals surface area (Å²) in [6.07, 6.45) is 1.73. The number of carbonyl (C=O) groups is 2. The predicted octanol–water partition coefficient (Wildman–Crippen LogP) is 3.78. The molecule has 144 valence electrons. The fourth-order valence-corrected chi connectivity index (χ4v) is 2.79. The fourth-order valence-electron chi connectivity index (χ4n) is 2.79. The minimum Gasteiger partial charge on any atom is -0.464 e. The number of benzene rings is 2. The van der Waals surface area contributed by atoms with Crippen LogP contribution in [0.4, 0.5) is 4.79 Å². The molecule has 0 aromatic heterocycles. The molecule has 1 atom stereocenters. The van der Waals surface area contributed by atoms with Gasteiger partial charge in [-0.05, 0) is 37.8 Å². The average molecular weight is 368 g/mol. The quantitative estimate of drug-likeness (QED) is 0.541. The first kappa shape index (κ1) is 20.5. The number of urea groups is 1. The molecule has 2 rings (SSSR count). The van der Waals surface area contributed by atoms with E-state index in [2.05, 4.69) is 17.4 Å². The van der Waals surface area contributed by atoms with Gasteiger partial charge in [-0.1, -0.05) is 60.7 Å². The summed E-state index contributed by atoms with van der Waals surface area (Å²) in [5.41, 5.74) is 2.21. The molecule has 2 aromatic carbocycles. The molecule has 0 aliphatic heterocycles. The number of hydrogen-bond donors (Lipinski definition) is 1. The van der Waals surface area contributed by atoms with E-state index in [0.29, 0.717) is 19.7 Å². The highest BCUT2D eigenvalue weighted by molar-refractivity contribution is 5.83. The maximum absolute atomic E-state index is 12.7. The zero-order chi connectivity index (χ0) is 19.5. The summed E-state index contributed by atoms with van der Waals surface area (Å²) in [5.74, 6) is -0.395. The van der Waals surface area contributed by atoms with E-state index in [4.69, 9.17) is 4.74 Å². The van der Waals surface area contributed by atoms with Crippen LogP contribution in [-0.4, -0.2) is 36.1 Å². The Kier molecular flexibility index (Phi) is 8.36. The van der Waals surface area contributed by atoms with Crippen LogP contribution < -0.4 is 5.32 Å². The van der Waals surface area contributed by atoms with Gasteiger partial charge >= 0.3 is 12.0 Å². The third kappa shape index (κ3) is 6.77. The minimum absolute atomic E-state index is 0.257. The predicted molar refractivity (Wildman–Crippen MR) is 106 cm³/mol. The van der Waals surface area contributed by atoms with Crippen LogP contribution in [0.15, 0.2) is 60.7 Å². The Morgan fingerprint density at radius 2 is 1.59 bits per heavy atom. The number of aryl methyl sites for hydroxylation is 1. The van der Waals surface area contributed by atoms with Gasteiger partial charge in [0.25, 0.3) is 0 Å². The van der Waals surface area contributed by atoms with Crippen LogP contribution in [0.3, 0.4) is 0 Å². The third-order valence-corrected chi connectivity index (χ3v) is 4.31. The summed E-state index contributed by atoms with van der Waals surface area (Å²) in [7, 11) is 0. The Morgan fingerprint density at radius 3 is 2.19 bits per heavy atom. The highest BCUT2D eigenvalue weighted by Gasteiger charge is 2.26. The van der Waals surface area contributed by atoms with Crippen molar-refractivity contribution < 1.29 is 14.3 Å². The largest absolute Gasteiger partial charge is 0.464 e. The minimum atomic E-state index is -0.653. The van der Waals surface area contributed by atoms with E-state index in [-0.39, 0.29) is 6.03 Å². The Morgan fingerprint density at radius 1 is 1.00 bits per heavy atom. The molecule has 0 fully saturated rings. The van der Waals surface area contributed by atoms with Crippen LogP contribution in [0.2, 0.25) is 0 Å². The van der Waals surface area contributed by atoms with Crippen LogP contribution in [-0.2, 0) is 22.5 Å². The summed E-state index contributed by atoms with van der Waals surface area (Å²) in [5, 5.41) is 2.93.